The van der Waals surface area contributed by atoms with Crippen LogP contribution < -0.4 is 19.5 Å². The molecule has 1 aromatic carbocycles. The summed E-state index contributed by atoms with van der Waals surface area (Å²) in [5, 5.41) is 3.09. The largest absolute Gasteiger partial charge is 0.493 e. The molecule has 1 aromatic rings. The number of piperidine rings is 1. The molecular weight excluding hydrogens is 284 g/mol. The lowest BCUT2D eigenvalue weighted by Crippen LogP contribution is -2.38. The quantitative estimate of drug-likeness (QED) is 0.917. The number of hydrogen-bond donors (Lipinski definition) is 1. The fourth-order valence-electron chi connectivity index (χ4n) is 3.45. The Hall–Kier alpha value is -1.95. The maximum absolute atomic E-state index is 12.2. The summed E-state index contributed by atoms with van der Waals surface area (Å²) in [6.45, 7) is 0.908. The third kappa shape index (κ3) is 2.27. The van der Waals surface area contributed by atoms with Gasteiger partial charge >= 0.3 is 0 Å². The van der Waals surface area contributed by atoms with Crippen molar-refractivity contribution >= 4 is 5.91 Å². The van der Waals surface area contributed by atoms with E-state index in [0.29, 0.717) is 17.2 Å². The Morgan fingerprint density at radius 2 is 1.86 bits per heavy atom. The number of benzene rings is 1. The van der Waals surface area contributed by atoms with Gasteiger partial charge in [-0.25, -0.2) is 0 Å². The fourth-order valence-corrected chi connectivity index (χ4v) is 3.45. The molecule has 6 nitrogen and oxygen atoms in total. The Kier molecular flexibility index (Phi) is 4.11. The van der Waals surface area contributed by atoms with Gasteiger partial charge in [0.15, 0.2) is 11.5 Å². The highest BCUT2D eigenvalue weighted by molar-refractivity contribution is 5.84. The molecule has 1 N–H and O–H groups in total. The molecule has 0 saturated carbocycles. The van der Waals surface area contributed by atoms with Crippen LogP contribution in [0.2, 0.25) is 0 Å². The van der Waals surface area contributed by atoms with Crippen LogP contribution in [0.3, 0.4) is 0 Å². The van der Waals surface area contributed by atoms with E-state index in [1.54, 1.807) is 21.3 Å². The Morgan fingerprint density at radius 3 is 2.55 bits per heavy atom. The molecule has 2 heterocycles. The molecule has 6 heteroatoms. The number of rotatable bonds is 4. The number of carbonyl (C=O) groups excluding carboxylic acids is 1. The average molecular weight is 306 g/mol. The van der Waals surface area contributed by atoms with Gasteiger partial charge in [-0.2, -0.15) is 0 Å². The van der Waals surface area contributed by atoms with Crippen molar-refractivity contribution in [2.75, 3.05) is 27.9 Å². The van der Waals surface area contributed by atoms with E-state index in [-0.39, 0.29) is 18.1 Å². The van der Waals surface area contributed by atoms with Crippen LogP contribution >= 0.6 is 0 Å². The number of carbonyl (C=O) groups is 1. The molecule has 0 radical (unpaired) electrons. The number of fused-ring (bicyclic) bond motifs is 1. The van der Waals surface area contributed by atoms with Crippen molar-refractivity contribution in [3.8, 4) is 17.2 Å². The molecule has 0 aromatic heterocycles. The Bertz CT molecular complexity index is 576. The van der Waals surface area contributed by atoms with Crippen LogP contribution in [0.1, 0.15) is 31.0 Å². The summed E-state index contributed by atoms with van der Waals surface area (Å²) in [6, 6.07) is 3.75. The Balaban J connectivity index is 2.02. The molecular formula is C16H22N2O4. The highest BCUT2D eigenvalue weighted by atomic mass is 16.5. The SMILES string of the molecule is COc1ccc([C@H]2NC(=O)[C@H]3CCCCN32)c(OC)c1OC. The van der Waals surface area contributed by atoms with Gasteiger partial charge in [0.05, 0.1) is 27.4 Å². The van der Waals surface area contributed by atoms with Crippen LogP contribution in [0.4, 0.5) is 0 Å². The first kappa shape index (κ1) is 15.0. The summed E-state index contributed by atoms with van der Waals surface area (Å²) >= 11 is 0. The van der Waals surface area contributed by atoms with Crippen molar-refractivity contribution in [3.05, 3.63) is 17.7 Å². The third-order valence-corrected chi connectivity index (χ3v) is 4.49. The van der Waals surface area contributed by atoms with Crippen LogP contribution in [0.15, 0.2) is 12.1 Å². The van der Waals surface area contributed by atoms with Crippen LogP contribution in [-0.2, 0) is 4.79 Å². The molecule has 2 saturated heterocycles. The number of amides is 1. The van der Waals surface area contributed by atoms with Gasteiger partial charge in [0, 0.05) is 12.1 Å². The normalized spacial score (nSPS) is 24.6. The maximum Gasteiger partial charge on any atom is 0.238 e. The smallest absolute Gasteiger partial charge is 0.238 e. The molecule has 3 rings (SSSR count). The van der Waals surface area contributed by atoms with E-state index in [2.05, 4.69) is 10.2 Å². The summed E-state index contributed by atoms with van der Waals surface area (Å²) < 4.78 is 16.3. The molecule has 0 unspecified atom stereocenters. The van der Waals surface area contributed by atoms with E-state index in [9.17, 15) is 4.79 Å². The van der Waals surface area contributed by atoms with Crippen LogP contribution in [0.25, 0.3) is 0 Å². The van der Waals surface area contributed by atoms with E-state index in [1.807, 2.05) is 12.1 Å². The van der Waals surface area contributed by atoms with E-state index >= 15 is 0 Å². The summed E-state index contributed by atoms with van der Waals surface area (Å²) in [7, 11) is 4.78. The number of nitrogens with zero attached hydrogens (tertiary/aromatic N) is 1. The number of methoxy groups -OCH3 is 3. The van der Waals surface area contributed by atoms with E-state index < -0.39 is 0 Å². The summed E-state index contributed by atoms with van der Waals surface area (Å²) in [6.07, 6.45) is 2.95. The monoisotopic (exact) mass is 306 g/mol. The van der Waals surface area contributed by atoms with Gasteiger partial charge in [-0.1, -0.05) is 6.42 Å². The predicted octanol–water partition coefficient (Wildman–Crippen LogP) is 1.70. The van der Waals surface area contributed by atoms with Crippen molar-refractivity contribution in [3.63, 3.8) is 0 Å². The van der Waals surface area contributed by atoms with Gasteiger partial charge in [-0.05, 0) is 25.0 Å². The second kappa shape index (κ2) is 6.04. The third-order valence-electron chi connectivity index (χ3n) is 4.49. The molecule has 2 aliphatic heterocycles. The zero-order chi connectivity index (χ0) is 15.7. The van der Waals surface area contributed by atoms with Crippen LogP contribution in [0, 0.1) is 0 Å². The van der Waals surface area contributed by atoms with Crippen LogP contribution in [-0.4, -0.2) is 44.7 Å². The predicted molar refractivity (Wildman–Crippen MR) is 81.3 cm³/mol. The zero-order valence-electron chi connectivity index (χ0n) is 13.2. The lowest BCUT2D eigenvalue weighted by molar-refractivity contribution is -0.122. The molecule has 2 fully saturated rings. The molecule has 2 atom stereocenters. The minimum absolute atomic E-state index is 0.0310. The molecule has 0 spiro atoms. The van der Waals surface area contributed by atoms with Crippen molar-refractivity contribution in [2.45, 2.75) is 31.5 Å². The minimum atomic E-state index is -0.174. The minimum Gasteiger partial charge on any atom is -0.493 e. The van der Waals surface area contributed by atoms with Gasteiger partial charge in [0.25, 0.3) is 0 Å². The Labute approximate surface area is 130 Å². The Morgan fingerprint density at radius 1 is 1.09 bits per heavy atom. The highest BCUT2D eigenvalue weighted by Gasteiger charge is 2.43. The number of nitrogens with one attached hydrogen (secondary N) is 1. The topological polar surface area (TPSA) is 60.0 Å². The van der Waals surface area contributed by atoms with Gasteiger partial charge in [0.1, 0.15) is 6.17 Å². The average Bonchev–Trinajstić information content (AvgIpc) is 2.90. The van der Waals surface area contributed by atoms with E-state index in [0.717, 1.165) is 31.4 Å². The molecule has 1 amide bonds. The van der Waals surface area contributed by atoms with E-state index in [1.165, 1.54) is 0 Å². The van der Waals surface area contributed by atoms with Crippen LogP contribution in [0.5, 0.6) is 17.2 Å². The van der Waals surface area contributed by atoms with Gasteiger partial charge < -0.3 is 19.5 Å². The van der Waals surface area contributed by atoms with Gasteiger partial charge in [-0.15, -0.1) is 0 Å². The van der Waals surface area contributed by atoms with Crippen molar-refractivity contribution in [1.29, 1.82) is 0 Å². The van der Waals surface area contributed by atoms with Crippen molar-refractivity contribution in [2.24, 2.45) is 0 Å². The van der Waals surface area contributed by atoms with Crippen molar-refractivity contribution < 1.29 is 19.0 Å². The number of hydrogen-bond acceptors (Lipinski definition) is 5. The first-order valence-electron chi connectivity index (χ1n) is 7.56. The molecule has 2 aliphatic rings. The lowest BCUT2D eigenvalue weighted by atomic mass is 10.0. The lowest BCUT2D eigenvalue weighted by Gasteiger charge is -2.32. The first-order chi connectivity index (χ1) is 10.7. The summed E-state index contributed by atoms with van der Waals surface area (Å²) in [5.41, 5.74) is 0.901. The highest BCUT2D eigenvalue weighted by Crippen LogP contribution is 2.44. The van der Waals surface area contributed by atoms with Gasteiger partial charge in [-0.3, -0.25) is 9.69 Å². The first-order valence-corrected chi connectivity index (χ1v) is 7.56. The van der Waals surface area contributed by atoms with E-state index in [4.69, 9.17) is 14.2 Å². The van der Waals surface area contributed by atoms with Gasteiger partial charge in [0.2, 0.25) is 11.7 Å². The molecule has 22 heavy (non-hydrogen) atoms. The molecule has 0 aliphatic carbocycles. The summed E-state index contributed by atoms with van der Waals surface area (Å²) in [4.78, 5) is 14.4. The second-order valence-corrected chi connectivity index (χ2v) is 5.58. The molecule has 0 bridgehead atoms. The van der Waals surface area contributed by atoms with Crippen molar-refractivity contribution in [1.82, 2.24) is 10.2 Å². The maximum atomic E-state index is 12.2. The fraction of sp³-hybridized carbons (Fsp3) is 0.562. The molecule has 120 valence electrons. The second-order valence-electron chi connectivity index (χ2n) is 5.58. The standard InChI is InChI=1S/C16H22N2O4/c1-20-12-8-7-10(13(21-2)14(12)22-3)15-17-16(19)11-6-4-5-9-18(11)15/h7-8,11,15H,4-6,9H2,1-3H3,(H,17,19)/t11-,15+/m1/s1. The zero-order valence-corrected chi connectivity index (χ0v) is 13.2. The number of ether oxygens (including phenoxy) is 3. The summed E-state index contributed by atoms with van der Waals surface area (Å²) in [5.74, 6) is 1.87.